The van der Waals surface area contributed by atoms with E-state index in [1.165, 1.54) is 4.31 Å². The Hall–Kier alpha value is -1.91. The maximum absolute atomic E-state index is 12.3. The second kappa shape index (κ2) is 6.90. The highest BCUT2D eigenvalue weighted by atomic mass is 32.2. The molecule has 1 atom stereocenters. The third kappa shape index (κ3) is 4.06. The van der Waals surface area contributed by atoms with Gasteiger partial charge in [0.25, 0.3) is 0 Å². The van der Waals surface area contributed by atoms with Crippen molar-refractivity contribution < 1.29 is 13.2 Å². The Morgan fingerprint density at radius 2 is 2.23 bits per heavy atom. The standard InChI is InChI=1S/C15H19N3O3S/c1-22(20,21)18-8-3-2-7-14(18)15(19)17-11-13-6-4-5-12(9-13)10-16/h4-6,9,14H,2-3,7-8,11H2,1H3,(H,17,19). The average Bonchev–Trinajstić information content (AvgIpc) is 2.52. The molecule has 1 amide bonds. The van der Waals surface area contributed by atoms with Crippen LogP contribution in [-0.4, -0.2) is 37.5 Å². The van der Waals surface area contributed by atoms with Gasteiger partial charge in [-0.2, -0.15) is 9.57 Å². The van der Waals surface area contributed by atoms with E-state index < -0.39 is 16.1 Å². The fourth-order valence-corrected chi connectivity index (χ4v) is 3.75. The van der Waals surface area contributed by atoms with E-state index >= 15 is 0 Å². The van der Waals surface area contributed by atoms with Crippen LogP contribution in [0.15, 0.2) is 24.3 Å². The molecule has 0 bridgehead atoms. The molecule has 22 heavy (non-hydrogen) atoms. The number of hydrogen-bond acceptors (Lipinski definition) is 4. The lowest BCUT2D eigenvalue weighted by atomic mass is 10.0. The molecule has 1 heterocycles. The van der Waals surface area contributed by atoms with Gasteiger partial charge in [-0.25, -0.2) is 8.42 Å². The number of hydrogen-bond donors (Lipinski definition) is 1. The average molecular weight is 321 g/mol. The lowest BCUT2D eigenvalue weighted by Crippen LogP contribution is -2.51. The fourth-order valence-electron chi connectivity index (χ4n) is 2.62. The summed E-state index contributed by atoms with van der Waals surface area (Å²) in [6, 6.07) is 8.37. The van der Waals surface area contributed by atoms with Gasteiger partial charge in [0.2, 0.25) is 15.9 Å². The highest BCUT2D eigenvalue weighted by molar-refractivity contribution is 7.88. The molecule has 1 aromatic rings. The van der Waals surface area contributed by atoms with Crippen molar-refractivity contribution in [2.24, 2.45) is 0 Å². The van der Waals surface area contributed by atoms with Crippen LogP contribution in [-0.2, 0) is 21.4 Å². The predicted octanol–water partition coefficient (Wildman–Crippen LogP) is 0.989. The first kappa shape index (κ1) is 16.5. The van der Waals surface area contributed by atoms with Gasteiger partial charge in [-0.05, 0) is 30.5 Å². The number of carbonyl (C=O) groups excluding carboxylic acids is 1. The Bertz CT molecular complexity index is 694. The minimum Gasteiger partial charge on any atom is -0.351 e. The molecule has 1 saturated heterocycles. The van der Waals surface area contributed by atoms with Gasteiger partial charge in [0.05, 0.1) is 17.9 Å². The van der Waals surface area contributed by atoms with Crippen molar-refractivity contribution in [3.8, 4) is 6.07 Å². The monoisotopic (exact) mass is 321 g/mol. The van der Waals surface area contributed by atoms with Crippen LogP contribution in [0.1, 0.15) is 30.4 Å². The third-order valence-electron chi connectivity index (χ3n) is 3.71. The summed E-state index contributed by atoms with van der Waals surface area (Å²) in [5.74, 6) is -0.285. The number of piperidine rings is 1. The number of nitrogens with one attached hydrogen (secondary N) is 1. The summed E-state index contributed by atoms with van der Waals surface area (Å²) >= 11 is 0. The number of carbonyl (C=O) groups is 1. The Morgan fingerprint density at radius 3 is 2.91 bits per heavy atom. The lowest BCUT2D eigenvalue weighted by molar-refractivity contribution is -0.125. The maximum atomic E-state index is 12.3. The normalized spacial score (nSPS) is 19.4. The zero-order valence-corrected chi connectivity index (χ0v) is 13.3. The largest absolute Gasteiger partial charge is 0.351 e. The van der Waals surface area contributed by atoms with Gasteiger partial charge in [0.1, 0.15) is 6.04 Å². The van der Waals surface area contributed by atoms with E-state index in [1.807, 2.05) is 12.1 Å². The van der Waals surface area contributed by atoms with Crippen molar-refractivity contribution in [2.75, 3.05) is 12.8 Å². The zero-order valence-electron chi connectivity index (χ0n) is 12.4. The van der Waals surface area contributed by atoms with Gasteiger partial charge in [0, 0.05) is 13.1 Å². The van der Waals surface area contributed by atoms with Crippen LogP contribution in [0.3, 0.4) is 0 Å². The van der Waals surface area contributed by atoms with Crippen LogP contribution in [0.2, 0.25) is 0 Å². The van der Waals surface area contributed by atoms with Crippen molar-refractivity contribution in [1.82, 2.24) is 9.62 Å². The molecule has 1 aliphatic heterocycles. The van der Waals surface area contributed by atoms with E-state index in [0.29, 0.717) is 18.5 Å². The van der Waals surface area contributed by atoms with Crippen LogP contribution in [0.25, 0.3) is 0 Å². The molecule has 1 aliphatic rings. The summed E-state index contributed by atoms with van der Waals surface area (Å²) < 4.78 is 24.8. The second-order valence-corrected chi connectivity index (χ2v) is 7.35. The molecular weight excluding hydrogens is 302 g/mol. The molecule has 1 fully saturated rings. The van der Waals surface area contributed by atoms with Gasteiger partial charge in [-0.1, -0.05) is 18.6 Å². The summed E-state index contributed by atoms with van der Waals surface area (Å²) in [6.07, 6.45) is 3.29. The minimum atomic E-state index is -3.38. The number of benzene rings is 1. The molecule has 0 aromatic heterocycles. The molecule has 1 unspecified atom stereocenters. The first-order chi connectivity index (χ1) is 10.4. The van der Waals surface area contributed by atoms with Crippen LogP contribution in [0.4, 0.5) is 0 Å². The molecule has 1 aromatic carbocycles. The molecule has 0 radical (unpaired) electrons. The van der Waals surface area contributed by atoms with E-state index in [2.05, 4.69) is 5.32 Å². The Balaban J connectivity index is 2.03. The molecule has 0 spiro atoms. The SMILES string of the molecule is CS(=O)(=O)N1CCCCC1C(=O)NCc1cccc(C#N)c1. The van der Waals surface area contributed by atoms with E-state index in [1.54, 1.807) is 18.2 Å². The lowest BCUT2D eigenvalue weighted by Gasteiger charge is -2.32. The van der Waals surface area contributed by atoms with E-state index in [9.17, 15) is 13.2 Å². The molecular formula is C15H19N3O3S. The third-order valence-corrected chi connectivity index (χ3v) is 4.99. The van der Waals surface area contributed by atoms with Crippen LogP contribution in [0, 0.1) is 11.3 Å². The van der Waals surface area contributed by atoms with Gasteiger partial charge in [-0.15, -0.1) is 0 Å². The van der Waals surface area contributed by atoms with Crippen LogP contribution in [0.5, 0.6) is 0 Å². The quantitative estimate of drug-likeness (QED) is 0.895. The number of nitriles is 1. The van der Waals surface area contributed by atoms with E-state index in [-0.39, 0.29) is 12.5 Å². The topological polar surface area (TPSA) is 90.3 Å². The number of rotatable bonds is 4. The number of amides is 1. The molecule has 2 rings (SSSR count). The maximum Gasteiger partial charge on any atom is 0.238 e. The highest BCUT2D eigenvalue weighted by Gasteiger charge is 2.34. The minimum absolute atomic E-state index is 0.280. The first-order valence-corrected chi connectivity index (χ1v) is 9.00. The summed E-state index contributed by atoms with van der Waals surface area (Å²) in [5.41, 5.74) is 1.34. The molecule has 118 valence electrons. The van der Waals surface area contributed by atoms with Gasteiger partial charge >= 0.3 is 0 Å². The van der Waals surface area contributed by atoms with E-state index in [4.69, 9.17) is 5.26 Å². The van der Waals surface area contributed by atoms with Crippen molar-refractivity contribution in [3.63, 3.8) is 0 Å². The Labute approximate surface area is 130 Å². The van der Waals surface area contributed by atoms with Gasteiger partial charge in [0.15, 0.2) is 0 Å². The summed E-state index contributed by atoms with van der Waals surface area (Å²) in [6.45, 7) is 0.670. The number of sulfonamides is 1. The fraction of sp³-hybridized carbons (Fsp3) is 0.467. The van der Waals surface area contributed by atoms with Crippen molar-refractivity contribution >= 4 is 15.9 Å². The first-order valence-electron chi connectivity index (χ1n) is 7.15. The van der Waals surface area contributed by atoms with Crippen molar-refractivity contribution in [3.05, 3.63) is 35.4 Å². The highest BCUT2D eigenvalue weighted by Crippen LogP contribution is 2.20. The van der Waals surface area contributed by atoms with Crippen molar-refractivity contribution in [2.45, 2.75) is 31.8 Å². The predicted molar refractivity (Wildman–Crippen MR) is 82.2 cm³/mol. The van der Waals surface area contributed by atoms with Crippen LogP contribution < -0.4 is 5.32 Å². The molecule has 6 nitrogen and oxygen atoms in total. The molecule has 0 saturated carbocycles. The van der Waals surface area contributed by atoms with Gasteiger partial charge in [-0.3, -0.25) is 4.79 Å². The summed E-state index contributed by atoms with van der Waals surface area (Å²) in [5, 5.41) is 11.6. The van der Waals surface area contributed by atoms with Gasteiger partial charge < -0.3 is 5.32 Å². The molecule has 1 N–H and O–H groups in total. The summed E-state index contributed by atoms with van der Waals surface area (Å²) in [7, 11) is -3.38. The van der Waals surface area contributed by atoms with E-state index in [0.717, 1.165) is 24.7 Å². The Morgan fingerprint density at radius 1 is 1.45 bits per heavy atom. The zero-order chi connectivity index (χ0) is 16.2. The second-order valence-electron chi connectivity index (χ2n) is 5.42. The van der Waals surface area contributed by atoms with Crippen molar-refractivity contribution in [1.29, 1.82) is 5.26 Å². The molecule has 0 aliphatic carbocycles. The van der Waals surface area contributed by atoms with Crippen LogP contribution >= 0.6 is 0 Å². The smallest absolute Gasteiger partial charge is 0.238 e. The number of nitrogens with zero attached hydrogens (tertiary/aromatic N) is 2. The summed E-state index contributed by atoms with van der Waals surface area (Å²) in [4.78, 5) is 12.3. The Kier molecular flexibility index (Phi) is 5.16. The molecule has 7 heteroatoms.